The predicted molar refractivity (Wildman–Crippen MR) is 158 cm³/mol. The van der Waals surface area contributed by atoms with Crippen molar-refractivity contribution in [3.8, 4) is 0 Å². The van der Waals surface area contributed by atoms with Crippen molar-refractivity contribution in [2.45, 2.75) is 69.4 Å². The zero-order valence-corrected chi connectivity index (χ0v) is 25.7. The van der Waals surface area contributed by atoms with Crippen LogP contribution in [0.2, 0.25) is 0 Å². The first-order valence-corrected chi connectivity index (χ1v) is 15.2. The number of carbonyl (C=O) groups excluding carboxylic acids is 4. The van der Waals surface area contributed by atoms with Gasteiger partial charge < -0.3 is 31.3 Å². The van der Waals surface area contributed by atoms with Crippen molar-refractivity contribution in [1.29, 1.82) is 0 Å². The highest BCUT2D eigenvalue weighted by Gasteiger charge is 2.52. The number of amides is 4. The average Bonchev–Trinajstić information content (AvgIpc) is 3.02. The molecule has 0 saturated carbocycles. The van der Waals surface area contributed by atoms with E-state index in [1.807, 2.05) is 0 Å². The molecular weight excluding hydrogens is 650 g/mol. The van der Waals surface area contributed by atoms with Gasteiger partial charge in [-0.1, -0.05) is 30.3 Å². The number of alkyl halides is 6. The summed E-state index contributed by atoms with van der Waals surface area (Å²) in [5, 5.41) is 2.51. The van der Waals surface area contributed by atoms with Gasteiger partial charge in [0, 0.05) is 19.5 Å². The van der Waals surface area contributed by atoms with E-state index in [2.05, 4.69) is 5.32 Å². The van der Waals surface area contributed by atoms with Crippen LogP contribution in [0.5, 0.6) is 0 Å². The van der Waals surface area contributed by atoms with Crippen LogP contribution in [0.4, 0.5) is 31.1 Å². The van der Waals surface area contributed by atoms with Gasteiger partial charge in [0.25, 0.3) is 0 Å². The Balaban J connectivity index is 1.68. The van der Waals surface area contributed by atoms with Crippen LogP contribution >= 0.6 is 0 Å². The van der Waals surface area contributed by atoms with Crippen LogP contribution < -0.4 is 16.8 Å². The Hall–Kier alpha value is -4.38. The number of nitrogens with two attached hydrogens (primary N) is 2. The zero-order valence-electron chi connectivity index (χ0n) is 25.7. The molecule has 0 radical (unpaired) electrons. The Morgan fingerprint density at radius 2 is 1.50 bits per heavy atom. The highest BCUT2D eigenvalue weighted by atomic mass is 19.4. The minimum absolute atomic E-state index is 0.0424. The van der Waals surface area contributed by atoms with Crippen LogP contribution in [-0.2, 0) is 44.6 Å². The van der Waals surface area contributed by atoms with Gasteiger partial charge in [-0.15, -0.1) is 0 Å². The van der Waals surface area contributed by atoms with Gasteiger partial charge in [-0.3, -0.25) is 19.3 Å². The maximum atomic E-state index is 13.9. The molecule has 262 valence electrons. The summed E-state index contributed by atoms with van der Waals surface area (Å²) in [5.41, 5.74) is 8.14. The molecule has 0 unspecified atom stereocenters. The average molecular weight is 687 g/mol. The minimum Gasteiger partial charge on any atom is -0.444 e. The van der Waals surface area contributed by atoms with E-state index in [-0.39, 0.29) is 38.5 Å². The number of hydrogen-bond donors (Lipinski definition) is 3. The standard InChI is InChI=1S/C31H36F6N6O5/c32-30(33,34)21-12-20(13-22(14-21)31(35,36)37)18-48-29(47)42-16-23(40-25(44)9-11-39)27(45)43-24(8-4-5-10-38)28(46)41(17-26(42)43)15-19-6-2-1-3-7-19/h1-3,6-7,12-14,23-24,26H,4-5,8-11,15-18,38-39H2,(H,40,44)/t23-,24-,26+/m0/s1. The second-order valence-electron chi connectivity index (χ2n) is 11.5. The number of benzene rings is 2. The number of halogens is 6. The van der Waals surface area contributed by atoms with Crippen molar-refractivity contribution >= 4 is 23.8 Å². The van der Waals surface area contributed by atoms with Crippen molar-refractivity contribution in [3.05, 3.63) is 70.8 Å². The lowest BCUT2D eigenvalue weighted by Crippen LogP contribution is -2.75. The van der Waals surface area contributed by atoms with Crippen molar-refractivity contribution in [1.82, 2.24) is 20.0 Å². The first kappa shape index (κ1) is 36.5. The summed E-state index contributed by atoms with van der Waals surface area (Å²) in [5.74, 6) is -1.67. The van der Waals surface area contributed by atoms with Crippen LogP contribution in [0.25, 0.3) is 0 Å². The number of carbonyl (C=O) groups is 4. The molecule has 5 N–H and O–H groups in total. The van der Waals surface area contributed by atoms with E-state index in [4.69, 9.17) is 16.2 Å². The van der Waals surface area contributed by atoms with Gasteiger partial charge in [-0.2, -0.15) is 26.3 Å². The monoisotopic (exact) mass is 686 g/mol. The Bertz CT molecular complexity index is 1440. The fraction of sp³-hybridized carbons (Fsp3) is 0.484. The van der Waals surface area contributed by atoms with Crippen LogP contribution in [-0.4, -0.2) is 82.9 Å². The first-order valence-electron chi connectivity index (χ1n) is 15.2. The molecule has 48 heavy (non-hydrogen) atoms. The van der Waals surface area contributed by atoms with Crippen LogP contribution in [0.1, 0.15) is 47.9 Å². The second-order valence-corrected chi connectivity index (χ2v) is 11.5. The van der Waals surface area contributed by atoms with Gasteiger partial charge >= 0.3 is 18.4 Å². The molecule has 17 heteroatoms. The number of fused-ring (bicyclic) bond motifs is 1. The molecule has 2 aliphatic heterocycles. The molecule has 0 spiro atoms. The Kier molecular flexibility index (Phi) is 11.6. The van der Waals surface area contributed by atoms with E-state index in [1.165, 1.54) is 9.80 Å². The molecular formula is C31H36F6N6O5. The normalized spacial score (nSPS) is 20.1. The van der Waals surface area contributed by atoms with Crippen molar-refractivity contribution in [2.24, 2.45) is 11.5 Å². The Morgan fingerprint density at radius 1 is 0.854 bits per heavy atom. The zero-order chi connectivity index (χ0) is 35.2. The molecule has 2 aromatic rings. The van der Waals surface area contributed by atoms with Gasteiger partial charge in [0.2, 0.25) is 17.7 Å². The second kappa shape index (κ2) is 15.2. The van der Waals surface area contributed by atoms with Crippen molar-refractivity contribution in [2.75, 3.05) is 26.2 Å². The molecule has 2 fully saturated rings. The lowest BCUT2D eigenvalue weighted by molar-refractivity contribution is -0.172. The fourth-order valence-electron chi connectivity index (χ4n) is 5.76. The highest BCUT2D eigenvalue weighted by Crippen LogP contribution is 2.37. The van der Waals surface area contributed by atoms with E-state index in [0.29, 0.717) is 31.5 Å². The third-order valence-corrected chi connectivity index (χ3v) is 8.03. The number of nitrogens with one attached hydrogen (secondary N) is 1. The van der Waals surface area contributed by atoms with E-state index in [1.54, 1.807) is 30.3 Å². The first-order chi connectivity index (χ1) is 22.6. The third kappa shape index (κ3) is 8.74. The molecule has 4 rings (SSSR count). The Morgan fingerprint density at radius 3 is 2.08 bits per heavy atom. The van der Waals surface area contributed by atoms with Gasteiger partial charge in [0.1, 0.15) is 24.9 Å². The van der Waals surface area contributed by atoms with Crippen LogP contribution in [0.15, 0.2) is 48.5 Å². The molecule has 2 aromatic carbocycles. The summed E-state index contributed by atoms with van der Waals surface area (Å²) in [4.78, 5) is 57.5. The molecule has 2 heterocycles. The van der Waals surface area contributed by atoms with Gasteiger partial charge in [-0.25, -0.2) is 4.79 Å². The molecule has 11 nitrogen and oxygen atoms in total. The summed E-state index contributed by atoms with van der Waals surface area (Å²) in [7, 11) is 0. The number of unbranched alkanes of at least 4 members (excludes halogenated alkanes) is 1. The number of rotatable bonds is 11. The summed E-state index contributed by atoms with van der Waals surface area (Å²) in [6.07, 6.45) is -11.6. The lowest BCUT2D eigenvalue weighted by atomic mass is 9.97. The highest BCUT2D eigenvalue weighted by molar-refractivity contribution is 5.95. The Labute approximate surface area is 272 Å². The van der Waals surface area contributed by atoms with Crippen molar-refractivity contribution in [3.63, 3.8) is 0 Å². The third-order valence-electron chi connectivity index (χ3n) is 8.03. The van der Waals surface area contributed by atoms with Gasteiger partial charge in [0.05, 0.1) is 24.2 Å². The quantitative estimate of drug-likeness (QED) is 0.243. The maximum Gasteiger partial charge on any atom is 0.416 e. The summed E-state index contributed by atoms with van der Waals surface area (Å²) in [6, 6.07) is 7.33. The smallest absolute Gasteiger partial charge is 0.416 e. The molecule has 0 aliphatic carbocycles. The topological polar surface area (TPSA) is 151 Å². The van der Waals surface area contributed by atoms with Gasteiger partial charge in [0.15, 0.2) is 0 Å². The fourth-order valence-corrected chi connectivity index (χ4v) is 5.76. The molecule has 4 amide bonds. The number of piperazine rings is 1. The number of ether oxygens (including phenoxy) is 1. The number of hydrogen-bond acceptors (Lipinski definition) is 7. The van der Waals surface area contributed by atoms with Crippen molar-refractivity contribution < 1.29 is 50.3 Å². The molecule has 2 saturated heterocycles. The van der Waals surface area contributed by atoms with Crippen LogP contribution in [0.3, 0.4) is 0 Å². The van der Waals surface area contributed by atoms with Crippen LogP contribution in [0, 0.1) is 0 Å². The summed E-state index contributed by atoms with van der Waals surface area (Å²) >= 11 is 0. The minimum atomic E-state index is -5.11. The van der Waals surface area contributed by atoms with E-state index in [9.17, 15) is 45.5 Å². The molecule has 0 bridgehead atoms. The lowest BCUT2D eigenvalue weighted by Gasteiger charge is -2.53. The van der Waals surface area contributed by atoms with E-state index < -0.39 is 84.3 Å². The van der Waals surface area contributed by atoms with E-state index in [0.717, 1.165) is 10.5 Å². The largest absolute Gasteiger partial charge is 0.444 e. The SMILES string of the molecule is NCCCC[C@H]1C(=O)N(Cc2ccccc2)C[C@@H]2N(C(=O)OCc3cc(C(F)(F)F)cc(C(F)(F)F)c3)C[C@H](NC(=O)CCN)C(=O)N21. The maximum absolute atomic E-state index is 13.9. The summed E-state index contributed by atoms with van der Waals surface area (Å²) in [6.45, 7) is -1.22. The van der Waals surface area contributed by atoms with E-state index >= 15 is 0 Å². The molecule has 0 aromatic heterocycles. The summed E-state index contributed by atoms with van der Waals surface area (Å²) < 4.78 is 85.8. The predicted octanol–water partition coefficient (Wildman–Crippen LogP) is 3.20. The van der Waals surface area contributed by atoms with Gasteiger partial charge in [-0.05, 0) is 55.1 Å². The number of nitrogens with zero attached hydrogens (tertiary/aromatic N) is 3. The molecule has 2 aliphatic rings. The molecule has 3 atom stereocenters.